The molecule has 0 amide bonds. The monoisotopic (exact) mass is 677 g/mol. The van der Waals surface area contributed by atoms with E-state index in [1.165, 1.54) is 50.2 Å². The Morgan fingerprint density at radius 2 is 0.981 bits per heavy atom. The highest BCUT2D eigenvalue weighted by atomic mass is 16.3. The maximum Gasteiger partial charge on any atom is 0.136 e. The van der Waals surface area contributed by atoms with E-state index >= 15 is 0 Å². The summed E-state index contributed by atoms with van der Waals surface area (Å²) in [6, 6.07) is 68.6. The number of anilines is 3. The highest BCUT2D eigenvalue weighted by Crippen LogP contribution is 2.58. The van der Waals surface area contributed by atoms with Crippen molar-refractivity contribution in [2.45, 2.75) is 18.3 Å². The van der Waals surface area contributed by atoms with Crippen molar-refractivity contribution in [2.75, 3.05) is 4.90 Å². The van der Waals surface area contributed by atoms with Crippen LogP contribution in [0.3, 0.4) is 0 Å². The first-order valence-electron chi connectivity index (χ1n) is 18.5. The molecule has 0 fully saturated rings. The minimum Gasteiger partial charge on any atom is -0.456 e. The summed E-state index contributed by atoms with van der Waals surface area (Å²) in [4.78, 5) is 2.46. The third kappa shape index (κ3) is 4.65. The molecule has 8 aromatic carbocycles. The molecular formula is C51H35NO. The van der Waals surface area contributed by atoms with Gasteiger partial charge in [0.1, 0.15) is 11.2 Å². The number of nitrogens with zero attached hydrogens (tertiary/aromatic N) is 1. The third-order valence-electron chi connectivity index (χ3n) is 11.7. The first kappa shape index (κ1) is 30.0. The van der Waals surface area contributed by atoms with Gasteiger partial charge in [-0.15, -0.1) is 0 Å². The molecule has 0 saturated heterocycles. The largest absolute Gasteiger partial charge is 0.456 e. The van der Waals surface area contributed by atoms with Gasteiger partial charge in [0, 0.05) is 33.1 Å². The summed E-state index contributed by atoms with van der Waals surface area (Å²) < 4.78 is 6.26. The molecule has 0 radical (unpaired) electrons. The molecule has 0 saturated carbocycles. The fraction of sp³-hybridized carbons (Fsp3) is 0.0588. The highest BCUT2D eigenvalue weighted by Gasteiger charge is 2.48. The van der Waals surface area contributed by atoms with Crippen molar-refractivity contribution in [1.29, 1.82) is 0 Å². The smallest absolute Gasteiger partial charge is 0.136 e. The van der Waals surface area contributed by atoms with E-state index in [-0.39, 0.29) is 5.41 Å². The van der Waals surface area contributed by atoms with Crippen LogP contribution in [0.15, 0.2) is 192 Å². The van der Waals surface area contributed by atoms with Crippen molar-refractivity contribution >= 4 is 39.0 Å². The van der Waals surface area contributed by atoms with Gasteiger partial charge in [0.2, 0.25) is 0 Å². The molecule has 0 unspecified atom stereocenters. The van der Waals surface area contributed by atoms with Gasteiger partial charge in [0.15, 0.2) is 0 Å². The van der Waals surface area contributed by atoms with Crippen LogP contribution in [0.1, 0.15) is 22.3 Å². The van der Waals surface area contributed by atoms with E-state index in [1.54, 1.807) is 0 Å². The summed E-state index contributed by atoms with van der Waals surface area (Å²) in [5.41, 5.74) is 18.4. The average molecular weight is 678 g/mol. The maximum absolute atomic E-state index is 6.26. The fourth-order valence-electron chi connectivity index (χ4n) is 9.24. The number of para-hydroxylation sites is 1. The van der Waals surface area contributed by atoms with Gasteiger partial charge in [0.05, 0.1) is 5.69 Å². The zero-order chi connectivity index (χ0) is 34.9. The Bertz CT molecular complexity index is 2800. The van der Waals surface area contributed by atoms with Crippen LogP contribution in [0.2, 0.25) is 0 Å². The molecule has 2 aliphatic carbocycles. The molecule has 1 spiro atoms. The molecule has 2 heteroatoms. The highest BCUT2D eigenvalue weighted by molar-refractivity contribution is 6.06. The van der Waals surface area contributed by atoms with Crippen molar-refractivity contribution < 1.29 is 4.42 Å². The number of hydrogen-bond acceptors (Lipinski definition) is 2. The average Bonchev–Trinajstić information content (AvgIpc) is 3.89. The predicted octanol–water partition coefficient (Wildman–Crippen LogP) is 13.5. The van der Waals surface area contributed by atoms with Crippen LogP contribution in [0.5, 0.6) is 0 Å². The Morgan fingerprint density at radius 1 is 0.415 bits per heavy atom. The molecule has 0 bridgehead atoms. The van der Waals surface area contributed by atoms with Crippen molar-refractivity contribution in [3.63, 3.8) is 0 Å². The second-order valence-electron chi connectivity index (χ2n) is 14.6. The van der Waals surface area contributed by atoms with E-state index < -0.39 is 0 Å². The first-order valence-corrected chi connectivity index (χ1v) is 18.5. The van der Waals surface area contributed by atoms with Gasteiger partial charge in [-0.25, -0.2) is 0 Å². The van der Waals surface area contributed by atoms with Gasteiger partial charge in [0.25, 0.3) is 0 Å². The zero-order valence-corrected chi connectivity index (χ0v) is 29.2. The van der Waals surface area contributed by atoms with Crippen LogP contribution < -0.4 is 4.90 Å². The standard InChI is InChI=1S/C51H35NO/c1-2-11-34(12-3-1)35-21-26-40(27-22-35)52(41-28-23-36(24-29-41)37-25-30-43-42-15-7-9-20-48(42)53-49(43)31-37)47-19-10-18-46-50(47)44-16-6-8-17-45(44)51(46)32-38-13-4-5-14-39(38)33-51/h1-31H,32-33H2. The van der Waals surface area contributed by atoms with Crippen molar-refractivity contribution in [1.82, 2.24) is 0 Å². The van der Waals surface area contributed by atoms with E-state index in [2.05, 4.69) is 181 Å². The normalized spacial score (nSPS) is 13.7. The molecule has 0 N–H and O–H groups in total. The van der Waals surface area contributed by atoms with Crippen LogP contribution in [0.4, 0.5) is 17.1 Å². The molecule has 53 heavy (non-hydrogen) atoms. The number of rotatable bonds is 5. The fourth-order valence-corrected chi connectivity index (χ4v) is 9.24. The van der Waals surface area contributed by atoms with Crippen LogP contribution in [-0.4, -0.2) is 0 Å². The Labute approximate surface area is 309 Å². The molecule has 0 aliphatic heterocycles. The lowest BCUT2D eigenvalue weighted by molar-refractivity contribution is 0.563. The predicted molar refractivity (Wildman–Crippen MR) is 219 cm³/mol. The molecular weight excluding hydrogens is 643 g/mol. The van der Waals surface area contributed by atoms with Crippen molar-refractivity contribution in [3.8, 4) is 33.4 Å². The molecule has 250 valence electrons. The maximum atomic E-state index is 6.26. The van der Waals surface area contributed by atoms with E-state index in [1.807, 2.05) is 12.1 Å². The van der Waals surface area contributed by atoms with E-state index in [9.17, 15) is 0 Å². The third-order valence-corrected chi connectivity index (χ3v) is 11.7. The quantitative estimate of drug-likeness (QED) is 0.180. The van der Waals surface area contributed by atoms with E-state index in [4.69, 9.17) is 4.42 Å². The van der Waals surface area contributed by atoms with Gasteiger partial charge in [-0.3, -0.25) is 0 Å². The SMILES string of the molecule is c1ccc(-c2ccc(N(c3ccc(-c4ccc5c(c4)oc4ccccc45)cc3)c3cccc4c3-c3ccccc3C43Cc4ccccc4C3)cc2)cc1. The number of furan rings is 1. The Hall–Kier alpha value is -6.64. The zero-order valence-electron chi connectivity index (χ0n) is 29.2. The molecule has 0 atom stereocenters. The van der Waals surface area contributed by atoms with E-state index in [0.717, 1.165) is 57.3 Å². The summed E-state index contributed by atoms with van der Waals surface area (Å²) >= 11 is 0. The topological polar surface area (TPSA) is 16.4 Å². The summed E-state index contributed by atoms with van der Waals surface area (Å²) in [6.07, 6.45) is 2.04. The number of fused-ring (bicyclic) bond motifs is 9. The van der Waals surface area contributed by atoms with E-state index in [0.29, 0.717) is 0 Å². The minimum atomic E-state index is -0.0758. The summed E-state index contributed by atoms with van der Waals surface area (Å²) in [5.74, 6) is 0. The Morgan fingerprint density at radius 3 is 1.74 bits per heavy atom. The second kappa shape index (κ2) is 11.7. The van der Waals surface area contributed by atoms with Crippen molar-refractivity contribution in [3.05, 3.63) is 210 Å². The number of hydrogen-bond donors (Lipinski definition) is 0. The molecule has 1 heterocycles. The van der Waals surface area contributed by atoms with Crippen molar-refractivity contribution in [2.24, 2.45) is 0 Å². The number of benzene rings is 8. The molecule has 2 aliphatic rings. The van der Waals surface area contributed by atoms with Crippen LogP contribution in [0, 0.1) is 0 Å². The van der Waals surface area contributed by atoms with Crippen LogP contribution in [-0.2, 0) is 18.3 Å². The lowest BCUT2D eigenvalue weighted by Crippen LogP contribution is -2.25. The van der Waals surface area contributed by atoms with Gasteiger partial charge in [-0.2, -0.15) is 0 Å². The van der Waals surface area contributed by atoms with Crippen LogP contribution in [0.25, 0.3) is 55.3 Å². The first-order chi connectivity index (χ1) is 26.2. The Balaban J connectivity index is 1.06. The van der Waals surface area contributed by atoms with Gasteiger partial charge < -0.3 is 9.32 Å². The molecule has 1 aromatic heterocycles. The summed E-state index contributed by atoms with van der Waals surface area (Å²) in [6.45, 7) is 0. The summed E-state index contributed by atoms with van der Waals surface area (Å²) in [5, 5.41) is 2.30. The minimum absolute atomic E-state index is 0.0758. The van der Waals surface area contributed by atoms with Gasteiger partial charge >= 0.3 is 0 Å². The lowest BCUT2D eigenvalue weighted by Gasteiger charge is -2.30. The lowest BCUT2D eigenvalue weighted by atomic mass is 9.75. The van der Waals surface area contributed by atoms with Crippen LogP contribution >= 0.6 is 0 Å². The molecule has 11 rings (SSSR count). The molecule has 2 nitrogen and oxygen atoms in total. The Kier molecular flexibility index (Phi) is 6.63. The van der Waals surface area contributed by atoms with Gasteiger partial charge in [-0.1, -0.05) is 140 Å². The molecule has 9 aromatic rings. The van der Waals surface area contributed by atoms with Gasteiger partial charge in [-0.05, 0) is 111 Å². The summed E-state index contributed by atoms with van der Waals surface area (Å²) in [7, 11) is 0. The second-order valence-corrected chi connectivity index (χ2v) is 14.6.